The Hall–Kier alpha value is -3.47. The number of carbonyl (C=O) groups excluding carboxylic acids is 1. The van der Waals surface area contributed by atoms with E-state index in [4.69, 9.17) is 42.0 Å². The normalized spacial score (nSPS) is 11.9. The van der Waals surface area contributed by atoms with E-state index in [-0.39, 0.29) is 4.88 Å². The highest BCUT2D eigenvalue weighted by atomic mass is 35.5. The van der Waals surface area contributed by atoms with Gasteiger partial charge in [0.1, 0.15) is 40.4 Å². The molecule has 2 aromatic carbocycles. The van der Waals surface area contributed by atoms with Crippen molar-refractivity contribution in [2.75, 3.05) is 27.4 Å². The van der Waals surface area contributed by atoms with Crippen molar-refractivity contribution >= 4 is 39.9 Å². The fraction of sp³-hybridized carbons (Fsp3) is 0.250. The van der Waals surface area contributed by atoms with Crippen LogP contribution in [0.4, 0.5) is 0 Å². The van der Waals surface area contributed by atoms with Crippen molar-refractivity contribution in [3.63, 3.8) is 0 Å². The average molecular weight is 517 g/mol. The fourth-order valence-corrected chi connectivity index (χ4v) is 4.89. The zero-order valence-corrected chi connectivity index (χ0v) is 21.0. The number of halogens is 1. The van der Waals surface area contributed by atoms with Gasteiger partial charge in [0.2, 0.25) is 0 Å². The number of fused-ring (bicyclic) bond motifs is 1. The van der Waals surface area contributed by atoms with E-state index >= 15 is 0 Å². The van der Waals surface area contributed by atoms with Gasteiger partial charge >= 0.3 is 0 Å². The molecule has 35 heavy (non-hydrogen) atoms. The number of nitrogens with two attached hydrogens (primary N) is 2. The molecule has 4 rings (SSSR count). The van der Waals surface area contributed by atoms with Gasteiger partial charge in [-0.05, 0) is 13.0 Å². The van der Waals surface area contributed by atoms with Crippen LogP contribution in [-0.4, -0.2) is 42.8 Å². The molecule has 1 atom stereocenters. The van der Waals surface area contributed by atoms with Gasteiger partial charge < -0.3 is 30.4 Å². The Morgan fingerprint density at radius 2 is 1.89 bits per heavy atom. The van der Waals surface area contributed by atoms with E-state index in [1.807, 2.05) is 29.7 Å². The Labute approximate surface area is 211 Å². The summed E-state index contributed by atoms with van der Waals surface area (Å²) in [7, 11) is 3.13. The molecule has 2 aromatic heterocycles. The predicted octanol–water partition coefficient (Wildman–Crippen LogP) is 4.33. The second-order valence-corrected chi connectivity index (χ2v) is 8.92. The summed E-state index contributed by atoms with van der Waals surface area (Å²) in [5.41, 5.74) is 13.4. The lowest BCUT2D eigenvalue weighted by Gasteiger charge is -2.18. The van der Waals surface area contributed by atoms with E-state index in [0.29, 0.717) is 57.3 Å². The van der Waals surface area contributed by atoms with Crippen LogP contribution in [0.5, 0.6) is 23.0 Å². The van der Waals surface area contributed by atoms with Gasteiger partial charge in [0.05, 0.1) is 30.3 Å². The first-order chi connectivity index (χ1) is 16.9. The van der Waals surface area contributed by atoms with Crippen molar-refractivity contribution in [2.45, 2.75) is 13.0 Å². The van der Waals surface area contributed by atoms with Gasteiger partial charge in [-0.3, -0.25) is 9.36 Å². The number of methoxy groups -OCH3 is 2. The zero-order chi connectivity index (χ0) is 25.1. The third-order valence-corrected chi connectivity index (χ3v) is 6.84. The number of thiophene rings is 1. The first-order valence-electron chi connectivity index (χ1n) is 10.7. The molecule has 4 N–H and O–H groups in total. The number of hydrogen-bond acceptors (Lipinski definition) is 8. The Morgan fingerprint density at radius 3 is 2.57 bits per heavy atom. The number of imidazole rings is 1. The number of benzene rings is 2. The first-order valence-corrected chi connectivity index (χ1v) is 11.9. The summed E-state index contributed by atoms with van der Waals surface area (Å²) in [5, 5.41) is 1.12. The summed E-state index contributed by atoms with van der Waals surface area (Å²) in [6.07, 6.45) is 1.16. The van der Waals surface area contributed by atoms with Crippen molar-refractivity contribution in [2.24, 2.45) is 11.5 Å². The zero-order valence-electron chi connectivity index (χ0n) is 19.4. The van der Waals surface area contributed by atoms with Crippen LogP contribution in [0.3, 0.4) is 0 Å². The third kappa shape index (κ3) is 4.86. The minimum absolute atomic E-state index is 0.279. The average Bonchev–Trinajstić information content (AvgIpc) is 3.46. The number of primary amides is 1. The molecule has 1 amide bonds. The third-order valence-electron chi connectivity index (χ3n) is 5.31. The molecular weight excluding hydrogens is 492 g/mol. The van der Waals surface area contributed by atoms with E-state index in [0.717, 1.165) is 5.52 Å². The Morgan fingerprint density at radius 1 is 1.14 bits per heavy atom. The molecule has 0 saturated heterocycles. The van der Waals surface area contributed by atoms with Crippen LogP contribution >= 0.6 is 22.9 Å². The first kappa shape index (κ1) is 24.6. The Balaban J connectivity index is 1.70. The van der Waals surface area contributed by atoms with Crippen LogP contribution in [0.15, 0.2) is 42.7 Å². The maximum atomic E-state index is 12.2. The van der Waals surface area contributed by atoms with Crippen molar-refractivity contribution in [3.8, 4) is 28.0 Å². The van der Waals surface area contributed by atoms with E-state index in [9.17, 15) is 4.79 Å². The summed E-state index contributed by atoms with van der Waals surface area (Å²) in [5.74, 6) is 1.39. The van der Waals surface area contributed by atoms with Crippen LogP contribution in [0.1, 0.15) is 28.3 Å². The smallest absolute Gasteiger partial charge is 0.262 e. The highest BCUT2D eigenvalue weighted by Crippen LogP contribution is 2.40. The molecule has 0 radical (unpaired) electrons. The molecule has 0 fully saturated rings. The van der Waals surface area contributed by atoms with Crippen molar-refractivity contribution in [1.29, 1.82) is 0 Å². The molecule has 0 aliphatic rings. The maximum absolute atomic E-state index is 12.2. The quantitative estimate of drug-likeness (QED) is 0.321. The number of aromatic nitrogens is 2. The Bertz CT molecular complexity index is 1370. The highest BCUT2D eigenvalue weighted by Gasteiger charge is 2.22. The van der Waals surface area contributed by atoms with Crippen LogP contribution in [0, 0.1) is 0 Å². The molecule has 184 valence electrons. The minimum Gasteiger partial charge on any atom is -0.493 e. The van der Waals surface area contributed by atoms with Crippen LogP contribution in [0.2, 0.25) is 5.02 Å². The lowest BCUT2D eigenvalue weighted by Crippen LogP contribution is -2.13. The van der Waals surface area contributed by atoms with Gasteiger partial charge in [0.15, 0.2) is 11.5 Å². The second kappa shape index (κ2) is 10.4. The standard InChI is InChI=1S/C24H25ClN4O5S/c1-13(14-5-4-6-17(22(14)25)33-8-7-26)34-20-11-21(35-23(20)24(27)30)29-12-28-15-9-18(31-2)19(32-3)10-16(15)29/h4-6,9-13H,7-8,26H2,1-3H3,(H2,27,30)/t13-/m1/s1. The monoisotopic (exact) mass is 516 g/mol. The van der Waals surface area contributed by atoms with E-state index in [2.05, 4.69) is 4.98 Å². The number of carbonyl (C=O) groups is 1. The van der Waals surface area contributed by atoms with E-state index in [1.54, 1.807) is 38.7 Å². The number of rotatable bonds is 10. The summed E-state index contributed by atoms with van der Waals surface area (Å²) in [4.78, 5) is 17.0. The van der Waals surface area contributed by atoms with Crippen molar-refractivity contribution in [3.05, 3.63) is 58.2 Å². The van der Waals surface area contributed by atoms with Crippen molar-refractivity contribution in [1.82, 2.24) is 9.55 Å². The molecular formula is C24H25ClN4O5S. The van der Waals surface area contributed by atoms with Gasteiger partial charge in [0, 0.05) is 30.3 Å². The largest absolute Gasteiger partial charge is 0.493 e. The maximum Gasteiger partial charge on any atom is 0.262 e. The van der Waals surface area contributed by atoms with Gasteiger partial charge in [-0.15, -0.1) is 11.3 Å². The summed E-state index contributed by atoms with van der Waals surface area (Å²) >= 11 is 7.74. The van der Waals surface area contributed by atoms with E-state index < -0.39 is 12.0 Å². The molecule has 11 heteroatoms. The van der Waals surface area contributed by atoms with Gasteiger partial charge in [-0.2, -0.15) is 0 Å². The van der Waals surface area contributed by atoms with Crippen LogP contribution < -0.4 is 30.4 Å². The van der Waals surface area contributed by atoms with Gasteiger partial charge in [-0.25, -0.2) is 4.98 Å². The van der Waals surface area contributed by atoms with Gasteiger partial charge in [-0.1, -0.05) is 23.7 Å². The number of amides is 1. The SMILES string of the molecule is COc1cc2ncn(-c3cc(O[C@H](C)c4cccc(OCCN)c4Cl)c(C(N)=O)s3)c2cc1OC. The predicted molar refractivity (Wildman–Crippen MR) is 136 cm³/mol. The molecule has 2 heterocycles. The van der Waals surface area contributed by atoms with Gasteiger partial charge in [0.25, 0.3) is 5.91 Å². The lowest BCUT2D eigenvalue weighted by atomic mass is 10.1. The summed E-state index contributed by atoms with van der Waals surface area (Å²) in [6.45, 7) is 2.54. The van der Waals surface area contributed by atoms with Crippen molar-refractivity contribution < 1.29 is 23.7 Å². The molecule has 0 bridgehead atoms. The number of hydrogen-bond donors (Lipinski definition) is 2. The Kier molecular flexibility index (Phi) is 7.34. The molecule has 0 unspecified atom stereocenters. The topological polar surface area (TPSA) is 124 Å². The fourth-order valence-electron chi connectivity index (χ4n) is 3.63. The van der Waals surface area contributed by atoms with E-state index in [1.165, 1.54) is 11.3 Å². The molecule has 0 spiro atoms. The molecule has 0 saturated carbocycles. The van der Waals surface area contributed by atoms with Crippen LogP contribution in [0.25, 0.3) is 16.0 Å². The van der Waals surface area contributed by atoms with Crippen LogP contribution in [-0.2, 0) is 0 Å². The summed E-state index contributed by atoms with van der Waals surface area (Å²) in [6, 6.07) is 10.8. The number of ether oxygens (including phenoxy) is 4. The molecule has 9 nitrogen and oxygen atoms in total. The number of nitrogens with zero attached hydrogens (tertiary/aromatic N) is 2. The molecule has 0 aliphatic carbocycles. The highest BCUT2D eigenvalue weighted by molar-refractivity contribution is 7.16. The molecule has 0 aliphatic heterocycles. The molecule has 4 aromatic rings. The second-order valence-electron chi connectivity index (χ2n) is 7.51. The minimum atomic E-state index is -0.599. The lowest BCUT2D eigenvalue weighted by molar-refractivity contribution is 0.0998. The summed E-state index contributed by atoms with van der Waals surface area (Å²) < 4.78 is 24.4.